The van der Waals surface area contributed by atoms with E-state index in [1.807, 2.05) is 18.2 Å². The number of carbonyl (C=O) groups excluding carboxylic acids is 1. The van der Waals surface area contributed by atoms with Gasteiger partial charge in [-0.05, 0) is 30.0 Å². The first-order chi connectivity index (χ1) is 11.6. The zero-order chi connectivity index (χ0) is 19.0. The van der Waals surface area contributed by atoms with Gasteiger partial charge in [0, 0.05) is 0 Å². The Balaban J connectivity index is 2.69. The van der Waals surface area contributed by atoms with Gasteiger partial charge in [0.2, 0.25) is 0 Å². The zero-order valence-electron chi connectivity index (χ0n) is 15.2. The van der Waals surface area contributed by atoms with Crippen LogP contribution in [-0.4, -0.2) is 42.3 Å². The smallest absolute Gasteiger partial charge is 0.328 e. The van der Waals surface area contributed by atoms with Crippen molar-refractivity contribution in [2.24, 2.45) is 0 Å². The summed E-state index contributed by atoms with van der Waals surface area (Å²) in [5.41, 5.74) is 1.04. The predicted octanol–water partition coefficient (Wildman–Crippen LogP) is 2.52. The second-order valence-corrected chi connectivity index (χ2v) is 6.76. The molecule has 1 rings (SSSR count). The van der Waals surface area contributed by atoms with Gasteiger partial charge in [0.25, 0.3) is 5.91 Å². The third kappa shape index (κ3) is 6.97. The molecule has 0 bridgehead atoms. The Hall–Kier alpha value is -2.34. The summed E-state index contributed by atoms with van der Waals surface area (Å²) in [5, 5.41) is 11.6. The number of rotatable bonds is 9. The van der Waals surface area contributed by atoms with Gasteiger partial charge in [-0.2, -0.15) is 0 Å². The Labute approximate surface area is 148 Å². The van der Waals surface area contributed by atoms with Crippen LogP contribution in [0.15, 0.2) is 36.9 Å². The lowest BCUT2D eigenvalue weighted by Crippen LogP contribution is -2.48. The lowest BCUT2D eigenvalue weighted by molar-refractivity contribution is -0.144. The van der Waals surface area contributed by atoms with Crippen molar-refractivity contribution in [3.63, 3.8) is 0 Å². The number of nitrogens with one attached hydrogen (secondary N) is 1. The summed E-state index contributed by atoms with van der Waals surface area (Å²) in [7, 11) is 0. The minimum Gasteiger partial charge on any atom is -0.481 e. The molecule has 1 aromatic rings. The maximum absolute atomic E-state index is 12.2. The Kier molecular flexibility index (Phi) is 7.64. The summed E-state index contributed by atoms with van der Waals surface area (Å²) in [6.45, 7) is 11.4. The summed E-state index contributed by atoms with van der Waals surface area (Å²) < 4.78 is 10.8. The second kappa shape index (κ2) is 9.22. The molecule has 25 heavy (non-hydrogen) atoms. The first-order valence-electron chi connectivity index (χ1n) is 8.14. The third-order valence-electron chi connectivity index (χ3n) is 3.52. The largest absolute Gasteiger partial charge is 0.481 e. The van der Waals surface area contributed by atoms with Crippen molar-refractivity contribution in [2.75, 3.05) is 13.2 Å². The van der Waals surface area contributed by atoms with Crippen molar-refractivity contribution >= 4 is 11.9 Å². The van der Waals surface area contributed by atoms with Crippen LogP contribution in [0.3, 0.4) is 0 Å². The maximum Gasteiger partial charge on any atom is 0.328 e. The highest BCUT2D eigenvalue weighted by Crippen LogP contribution is 2.26. The van der Waals surface area contributed by atoms with Crippen LogP contribution in [0.1, 0.15) is 33.3 Å². The average Bonchev–Trinajstić information content (AvgIpc) is 2.53. The number of ether oxygens (including phenoxy) is 2. The normalized spacial score (nSPS) is 13.6. The van der Waals surface area contributed by atoms with Crippen LogP contribution in [0.5, 0.6) is 5.75 Å². The van der Waals surface area contributed by atoms with Crippen LogP contribution in [-0.2, 0) is 19.7 Å². The number of aliphatic carboxylic acids is 1. The number of amides is 1. The van der Waals surface area contributed by atoms with Crippen molar-refractivity contribution < 1.29 is 24.2 Å². The maximum atomic E-state index is 12.2. The molecule has 0 aliphatic rings. The highest BCUT2D eigenvalue weighted by atomic mass is 16.5. The molecule has 0 aliphatic carbocycles. The number of benzene rings is 1. The highest BCUT2D eigenvalue weighted by Gasteiger charge is 2.24. The van der Waals surface area contributed by atoms with E-state index in [9.17, 15) is 9.59 Å². The van der Waals surface area contributed by atoms with E-state index in [1.165, 1.54) is 6.08 Å². The molecule has 0 heterocycles. The van der Waals surface area contributed by atoms with Gasteiger partial charge in [-0.25, -0.2) is 4.79 Å². The van der Waals surface area contributed by atoms with Gasteiger partial charge in [0.05, 0.1) is 13.2 Å². The standard InChI is InChI=1S/C19H27NO5/c1-6-10-24-12-16(18(22)23)20-17(21)13(2)25-15-9-7-8-14(11-15)19(3,4)5/h6-9,11,13,16H,1,10,12H2,2-5H3,(H,20,21)(H,22,23). The first kappa shape index (κ1) is 20.7. The fourth-order valence-electron chi connectivity index (χ4n) is 2.03. The minimum atomic E-state index is -1.17. The number of carbonyl (C=O) groups is 2. The molecule has 0 saturated heterocycles. The first-order valence-corrected chi connectivity index (χ1v) is 8.14. The van der Waals surface area contributed by atoms with E-state index in [-0.39, 0.29) is 18.6 Å². The van der Waals surface area contributed by atoms with Crippen molar-refractivity contribution in [1.82, 2.24) is 5.32 Å². The van der Waals surface area contributed by atoms with Crippen LogP contribution in [0.25, 0.3) is 0 Å². The molecular weight excluding hydrogens is 322 g/mol. The van der Waals surface area contributed by atoms with Crippen molar-refractivity contribution in [3.8, 4) is 5.75 Å². The fourth-order valence-corrected chi connectivity index (χ4v) is 2.03. The second-order valence-electron chi connectivity index (χ2n) is 6.76. The summed E-state index contributed by atoms with van der Waals surface area (Å²) >= 11 is 0. The van der Waals surface area contributed by atoms with E-state index in [0.717, 1.165) is 5.56 Å². The molecule has 0 radical (unpaired) electrons. The molecule has 6 heteroatoms. The summed E-state index contributed by atoms with van der Waals surface area (Å²) in [4.78, 5) is 23.4. The van der Waals surface area contributed by atoms with Crippen LogP contribution in [0.4, 0.5) is 0 Å². The van der Waals surface area contributed by atoms with Gasteiger partial charge in [-0.1, -0.05) is 39.0 Å². The molecule has 2 N–H and O–H groups in total. The molecule has 1 amide bonds. The number of hydrogen-bond donors (Lipinski definition) is 2. The SMILES string of the molecule is C=CCOCC(NC(=O)C(C)Oc1cccc(C(C)(C)C)c1)C(=O)O. The van der Waals surface area contributed by atoms with E-state index < -0.39 is 24.0 Å². The topological polar surface area (TPSA) is 84.9 Å². The lowest BCUT2D eigenvalue weighted by Gasteiger charge is -2.22. The Bertz CT molecular complexity index is 606. The minimum absolute atomic E-state index is 0.0399. The van der Waals surface area contributed by atoms with Crippen LogP contribution < -0.4 is 10.1 Å². The lowest BCUT2D eigenvalue weighted by atomic mass is 9.87. The monoisotopic (exact) mass is 349 g/mol. The summed E-state index contributed by atoms with van der Waals surface area (Å²) in [6.07, 6.45) is 0.672. The molecule has 6 nitrogen and oxygen atoms in total. The molecule has 0 fully saturated rings. The van der Waals surface area contributed by atoms with E-state index in [4.69, 9.17) is 14.6 Å². The van der Waals surface area contributed by atoms with Crippen LogP contribution in [0.2, 0.25) is 0 Å². The van der Waals surface area contributed by atoms with E-state index in [0.29, 0.717) is 5.75 Å². The molecule has 0 aliphatic heterocycles. The summed E-state index contributed by atoms with van der Waals surface area (Å²) in [6, 6.07) is 6.37. The Morgan fingerprint density at radius 3 is 2.60 bits per heavy atom. The van der Waals surface area contributed by atoms with E-state index >= 15 is 0 Å². The van der Waals surface area contributed by atoms with Crippen LogP contribution >= 0.6 is 0 Å². The van der Waals surface area contributed by atoms with Crippen molar-refractivity contribution in [3.05, 3.63) is 42.5 Å². The molecule has 2 atom stereocenters. The number of hydrogen-bond acceptors (Lipinski definition) is 4. The molecule has 0 saturated carbocycles. The zero-order valence-corrected chi connectivity index (χ0v) is 15.2. The van der Waals surface area contributed by atoms with Gasteiger partial charge in [-0.15, -0.1) is 6.58 Å². The van der Waals surface area contributed by atoms with Gasteiger partial charge in [-0.3, -0.25) is 4.79 Å². The molecule has 2 unspecified atom stereocenters. The molecule has 138 valence electrons. The highest BCUT2D eigenvalue weighted by molar-refractivity contribution is 5.86. The number of carboxylic acid groups (broad SMARTS) is 1. The molecule has 1 aromatic carbocycles. The average molecular weight is 349 g/mol. The fraction of sp³-hybridized carbons (Fsp3) is 0.474. The third-order valence-corrected chi connectivity index (χ3v) is 3.52. The van der Waals surface area contributed by atoms with E-state index in [2.05, 4.69) is 32.7 Å². The van der Waals surface area contributed by atoms with Crippen molar-refractivity contribution in [2.45, 2.75) is 45.3 Å². The van der Waals surface area contributed by atoms with Crippen LogP contribution in [0, 0.1) is 0 Å². The molecule has 0 spiro atoms. The van der Waals surface area contributed by atoms with Gasteiger partial charge in [0.15, 0.2) is 12.1 Å². The van der Waals surface area contributed by atoms with Crippen molar-refractivity contribution in [1.29, 1.82) is 0 Å². The van der Waals surface area contributed by atoms with Gasteiger partial charge in [0.1, 0.15) is 5.75 Å². The van der Waals surface area contributed by atoms with E-state index in [1.54, 1.807) is 13.0 Å². The van der Waals surface area contributed by atoms with Gasteiger partial charge < -0.3 is 19.9 Å². The molecular formula is C19H27NO5. The Morgan fingerprint density at radius 2 is 2.04 bits per heavy atom. The number of carboxylic acids is 1. The quantitative estimate of drug-likeness (QED) is 0.529. The molecule has 0 aromatic heterocycles. The Morgan fingerprint density at radius 1 is 1.36 bits per heavy atom. The predicted molar refractivity (Wildman–Crippen MR) is 95.8 cm³/mol. The van der Waals surface area contributed by atoms with Gasteiger partial charge >= 0.3 is 5.97 Å². The summed E-state index contributed by atoms with van der Waals surface area (Å²) in [5.74, 6) is -1.13.